The molecule has 0 aromatic carbocycles. The average molecular weight is 277 g/mol. The standard InChI is InChI=1S/C13H15N3O2S/c1-15-6-7-16(13(18)12(15)17)9-11-10(3-2-5-14)4-8-19-11/h4,8H,5-7,9,14H2,1H3. The largest absolute Gasteiger partial charge is 0.336 e. The number of rotatable bonds is 2. The van der Waals surface area contributed by atoms with Gasteiger partial charge in [-0.15, -0.1) is 11.3 Å². The molecule has 0 aliphatic carbocycles. The highest BCUT2D eigenvalue weighted by atomic mass is 32.1. The zero-order chi connectivity index (χ0) is 13.8. The van der Waals surface area contributed by atoms with Crippen LogP contribution in [0, 0.1) is 11.8 Å². The summed E-state index contributed by atoms with van der Waals surface area (Å²) in [6, 6.07) is 1.91. The van der Waals surface area contributed by atoms with Gasteiger partial charge in [0.1, 0.15) is 0 Å². The van der Waals surface area contributed by atoms with Crippen LogP contribution in [-0.4, -0.2) is 48.3 Å². The first-order valence-corrected chi connectivity index (χ1v) is 6.81. The lowest BCUT2D eigenvalue weighted by Crippen LogP contribution is -2.52. The normalized spacial score (nSPS) is 15.5. The molecule has 2 amide bonds. The van der Waals surface area contributed by atoms with Crippen molar-refractivity contribution in [3.63, 3.8) is 0 Å². The highest BCUT2D eigenvalue weighted by Gasteiger charge is 2.30. The summed E-state index contributed by atoms with van der Waals surface area (Å²) in [5.74, 6) is 4.89. The third-order valence-corrected chi connectivity index (χ3v) is 3.83. The summed E-state index contributed by atoms with van der Waals surface area (Å²) in [4.78, 5) is 27.5. The molecule has 0 atom stereocenters. The summed E-state index contributed by atoms with van der Waals surface area (Å²) in [6.07, 6.45) is 0. The molecule has 19 heavy (non-hydrogen) atoms. The van der Waals surface area contributed by atoms with Gasteiger partial charge in [0.25, 0.3) is 0 Å². The molecule has 1 fully saturated rings. The fraction of sp³-hybridized carbons (Fsp3) is 0.385. The van der Waals surface area contributed by atoms with E-state index in [2.05, 4.69) is 11.8 Å². The molecule has 0 unspecified atom stereocenters. The number of nitrogens with zero attached hydrogens (tertiary/aromatic N) is 2. The zero-order valence-electron chi connectivity index (χ0n) is 10.7. The van der Waals surface area contributed by atoms with E-state index in [0.29, 0.717) is 26.2 Å². The average Bonchev–Trinajstić information content (AvgIpc) is 2.84. The minimum Gasteiger partial charge on any atom is -0.336 e. The van der Waals surface area contributed by atoms with Crippen LogP contribution in [0.25, 0.3) is 0 Å². The molecule has 0 saturated carbocycles. The van der Waals surface area contributed by atoms with Crippen LogP contribution in [0.5, 0.6) is 0 Å². The quantitative estimate of drug-likeness (QED) is 0.604. The van der Waals surface area contributed by atoms with Crippen molar-refractivity contribution in [2.45, 2.75) is 6.54 Å². The van der Waals surface area contributed by atoms with Crippen molar-refractivity contribution in [1.29, 1.82) is 0 Å². The van der Waals surface area contributed by atoms with E-state index >= 15 is 0 Å². The minimum absolute atomic E-state index is 0.307. The summed E-state index contributed by atoms with van der Waals surface area (Å²) < 4.78 is 0. The van der Waals surface area contributed by atoms with Crippen LogP contribution in [0.2, 0.25) is 0 Å². The Hall–Kier alpha value is -1.84. The molecule has 2 N–H and O–H groups in total. The molecule has 1 saturated heterocycles. The number of carbonyl (C=O) groups excluding carboxylic acids is 2. The second-order valence-electron chi connectivity index (χ2n) is 4.22. The van der Waals surface area contributed by atoms with Gasteiger partial charge in [0, 0.05) is 30.6 Å². The fourth-order valence-electron chi connectivity index (χ4n) is 1.82. The molecular formula is C13H15N3O2S. The predicted octanol–water partition coefficient (Wildman–Crippen LogP) is -0.141. The van der Waals surface area contributed by atoms with Crippen molar-refractivity contribution >= 4 is 23.2 Å². The van der Waals surface area contributed by atoms with Crippen LogP contribution in [0.15, 0.2) is 11.4 Å². The van der Waals surface area contributed by atoms with E-state index in [9.17, 15) is 9.59 Å². The molecule has 0 radical (unpaired) electrons. The summed E-state index contributed by atoms with van der Waals surface area (Å²) in [6.45, 7) is 1.87. The van der Waals surface area contributed by atoms with Gasteiger partial charge >= 0.3 is 11.8 Å². The van der Waals surface area contributed by atoms with Crippen LogP contribution in [-0.2, 0) is 16.1 Å². The lowest BCUT2D eigenvalue weighted by molar-refractivity contribution is -0.155. The zero-order valence-corrected chi connectivity index (χ0v) is 11.5. The number of nitrogens with two attached hydrogens (primary N) is 1. The molecule has 0 spiro atoms. The van der Waals surface area contributed by atoms with Gasteiger partial charge in [-0.1, -0.05) is 11.8 Å². The predicted molar refractivity (Wildman–Crippen MR) is 73.3 cm³/mol. The van der Waals surface area contributed by atoms with Crippen LogP contribution < -0.4 is 5.73 Å². The molecule has 1 aliphatic heterocycles. The Kier molecular flexibility index (Phi) is 4.20. The van der Waals surface area contributed by atoms with Gasteiger partial charge in [-0.25, -0.2) is 0 Å². The van der Waals surface area contributed by atoms with Gasteiger partial charge in [-0.05, 0) is 11.4 Å². The molecule has 1 aliphatic rings. The number of piperazine rings is 1. The topological polar surface area (TPSA) is 66.6 Å². The molecular weight excluding hydrogens is 262 g/mol. The van der Waals surface area contributed by atoms with Gasteiger partial charge < -0.3 is 15.5 Å². The Morgan fingerprint density at radius 2 is 2.16 bits per heavy atom. The van der Waals surface area contributed by atoms with Crippen molar-refractivity contribution in [2.24, 2.45) is 5.73 Å². The third kappa shape index (κ3) is 2.95. The summed E-state index contributed by atoms with van der Waals surface area (Å²) in [5.41, 5.74) is 6.23. The number of hydrogen-bond acceptors (Lipinski definition) is 4. The molecule has 2 rings (SSSR count). The minimum atomic E-state index is -0.447. The Balaban J connectivity index is 2.11. The summed E-state index contributed by atoms with van der Waals surface area (Å²) in [5, 5.41) is 1.93. The molecule has 100 valence electrons. The monoisotopic (exact) mass is 277 g/mol. The lowest BCUT2D eigenvalue weighted by Gasteiger charge is -2.31. The lowest BCUT2D eigenvalue weighted by atomic mass is 10.2. The second kappa shape index (κ2) is 5.87. The number of thiophene rings is 1. The van der Waals surface area contributed by atoms with Crippen LogP contribution in [0.1, 0.15) is 10.4 Å². The Morgan fingerprint density at radius 1 is 1.37 bits per heavy atom. The first kappa shape index (κ1) is 13.6. The summed E-state index contributed by atoms with van der Waals surface area (Å²) in [7, 11) is 1.64. The Morgan fingerprint density at radius 3 is 2.89 bits per heavy atom. The van der Waals surface area contributed by atoms with Crippen LogP contribution in [0.3, 0.4) is 0 Å². The van der Waals surface area contributed by atoms with E-state index in [-0.39, 0.29) is 0 Å². The number of carbonyl (C=O) groups is 2. The summed E-state index contributed by atoms with van der Waals surface area (Å²) >= 11 is 1.54. The van der Waals surface area contributed by atoms with E-state index in [1.54, 1.807) is 11.9 Å². The van der Waals surface area contributed by atoms with Gasteiger partial charge in [-0.2, -0.15) is 0 Å². The molecule has 5 nitrogen and oxygen atoms in total. The van der Waals surface area contributed by atoms with Gasteiger partial charge in [0.2, 0.25) is 0 Å². The molecule has 2 heterocycles. The highest BCUT2D eigenvalue weighted by molar-refractivity contribution is 7.10. The molecule has 1 aromatic heterocycles. The van der Waals surface area contributed by atoms with E-state index in [1.165, 1.54) is 16.2 Å². The smallest absolute Gasteiger partial charge is 0.312 e. The molecule has 6 heteroatoms. The van der Waals surface area contributed by atoms with E-state index < -0.39 is 11.8 Å². The van der Waals surface area contributed by atoms with Gasteiger partial charge in [0.05, 0.1) is 13.1 Å². The molecule has 0 bridgehead atoms. The van der Waals surface area contributed by atoms with Crippen molar-refractivity contribution < 1.29 is 9.59 Å². The Labute approximate surface area is 116 Å². The van der Waals surface area contributed by atoms with Gasteiger partial charge in [0.15, 0.2) is 0 Å². The Bertz CT molecular complexity index is 556. The molecule has 1 aromatic rings. The van der Waals surface area contributed by atoms with Crippen molar-refractivity contribution in [1.82, 2.24) is 9.80 Å². The number of amides is 2. The second-order valence-corrected chi connectivity index (χ2v) is 5.22. The maximum Gasteiger partial charge on any atom is 0.312 e. The van der Waals surface area contributed by atoms with E-state index in [1.807, 2.05) is 11.4 Å². The first-order valence-electron chi connectivity index (χ1n) is 5.93. The first-order chi connectivity index (χ1) is 9.13. The van der Waals surface area contributed by atoms with Crippen molar-refractivity contribution in [3.05, 3.63) is 21.9 Å². The number of hydrogen-bond donors (Lipinski definition) is 1. The van der Waals surface area contributed by atoms with Gasteiger partial charge in [-0.3, -0.25) is 9.59 Å². The van der Waals surface area contributed by atoms with Crippen molar-refractivity contribution in [3.8, 4) is 11.8 Å². The highest BCUT2D eigenvalue weighted by Crippen LogP contribution is 2.19. The maximum atomic E-state index is 11.9. The van der Waals surface area contributed by atoms with E-state index in [0.717, 1.165) is 10.4 Å². The van der Waals surface area contributed by atoms with Crippen molar-refractivity contribution in [2.75, 3.05) is 26.7 Å². The van der Waals surface area contributed by atoms with E-state index in [4.69, 9.17) is 5.73 Å². The van der Waals surface area contributed by atoms with Crippen LogP contribution >= 0.6 is 11.3 Å². The number of likely N-dealkylation sites (N-methyl/N-ethyl adjacent to an activating group) is 1. The SMILES string of the molecule is CN1CCN(Cc2sccc2C#CCN)C(=O)C1=O. The maximum absolute atomic E-state index is 11.9. The third-order valence-electron chi connectivity index (χ3n) is 2.93. The van der Waals surface area contributed by atoms with Crippen LogP contribution in [0.4, 0.5) is 0 Å². The fourth-order valence-corrected chi connectivity index (χ4v) is 2.66.